The Morgan fingerprint density at radius 3 is 2.26 bits per heavy atom. The summed E-state index contributed by atoms with van der Waals surface area (Å²) in [6, 6.07) is 0. The van der Waals surface area contributed by atoms with E-state index in [-0.39, 0.29) is 23.9 Å². The maximum absolute atomic E-state index is 12.2. The van der Waals surface area contributed by atoms with Gasteiger partial charge in [0.1, 0.15) is 6.10 Å². The maximum Gasteiger partial charge on any atom is 0.167 e. The lowest BCUT2D eigenvalue weighted by Gasteiger charge is -2.33. The van der Waals surface area contributed by atoms with Crippen molar-refractivity contribution in [3.05, 3.63) is 24.3 Å². The van der Waals surface area contributed by atoms with Crippen molar-refractivity contribution in [2.75, 3.05) is 0 Å². The first-order valence-electron chi connectivity index (χ1n) is 8.27. The van der Waals surface area contributed by atoms with Gasteiger partial charge in [-0.15, -0.1) is 0 Å². The summed E-state index contributed by atoms with van der Waals surface area (Å²) < 4.78 is 0. The Kier molecular flexibility index (Phi) is 7.61. The van der Waals surface area contributed by atoms with Crippen LogP contribution >= 0.6 is 0 Å². The molecule has 0 saturated heterocycles. The van der Waals surface area contributed by atoms with Crippen molar-refractivity contribution >= 4 is 5.78 Å². The molecule has 5 nitrogen and oxygen atoms in total. The average molecular weight is 326 g/mol. The molecular formula is C18H30O5. The van der Waals surface area contributed by atoms with E-state index in [0.29, 0.717) is 0 Å². The van der Waals surface area contributed by atoms with Gasteiger partial charge in [0.2, 0.25) is 0 Å². The second-order valence-electron chi connectivity index (χ2n) is 6.86. The van der Waals surface area contributed by atoms with Crippen LogP contribution in [0.1, 0.15) is 34.1 Å². The van der Waals surface area contributed by atoms with Crippen LogP contribution in [0.15, 0.2) is 24.3 Å². The molecule has 0 aromatic carbocycles. The van der Waals surface area contributed by atoms with Crippen molar-refractivity contribution in [3.8, 4) is 0 Å². The fourth-order valence-electron chi connectivity index (χ4n) is 2.92. The molecule has 23 heavy (non-hydrogen) atoms. The van der Waals surface area contributed by atoms with Crippen LogP contribution in [0.4, 0.5) is 0 Å². The van der Waals surface area contributed by atoms with Crippen LogP contribution in [-0.4, -0.2) is 50.6 Å². The third-order valence-corrected chi connectivity index (χ3v) is 4.63. The first-order chi connectivity index (χ1) is 10.6. The summed E-state index contributed by atoms with van der Waals surface area (Å²) >= 11 is 0. The number of aliphatic hydroxyl groups excluding tert-OH is 4. The number of carbonyl (C=O) groups excluding carboxylic acids is 1. The summed E-state index contributed by atoms with van der Waals surface area (Å²) in [6.07, 6.45) is 3.92. The topological polar surface area (TPSA) is 98.0 Å². The minimum atomic E-state index is -1.22. The maximum atomic E-state index is 12.2. The Balaban J connectivity index is 2.84. The molecule has 8 atom stereocenters. The van der Waals surface area contributed by atoms with Crippen molar-refractivity contribution in [2.45, 2.75) is 58.5 Å². The van der Waals surface area contributed by atoms with Gasteiger partial charge in [-0.2, -0.15) is 0 Å². The first kappa shape index (κ1) is 20.0. The van der Waals surface area contributed by atoms with Gasteiger partial charge >= 0.3 is 0 Å². The molecule has 0 saturated carbocycles. The van der Waals surface area contributed by atoms with Gasteiger partial charge in [-0.25, -0.2) is 0 Å². The zero-order chi connectivity index (χ0) is 17.7. The summed E-state index contributed by atoms with van der Waals surface area (Å²) in [4.78, 5) is 12.2. The van der Waals surface area contributed by atoms with E-state index in [2.05, 4.69) is 0 Å². The van der Waals surface area contributed by atoms with Crippen LogP contribution < -0.4 is 0 Å². The third-order valence-electron chi connectivity index (χ3n) is 4.63. The van der Waals surface area contributed by atoms with Crippen molar-refractivity contribution in [2.24, 2.45) is 23.7 Å². The summed E-state index contributed by atoms with van der Waals surface area (Å²) in [7, 11) is 0. The van der Waals surface area contributed by atoms with Crippen molar-refractivity contribution in [1.82, 2.24) is 0 Å². The molecular weight excluding hydrogens is 296 g/mol. The smallest absolute Gasteiger partial charge is 0.167 e. The fourth-order valence-corrected chi connectivity index (χ4v) is 2.92. The molecule has 1 aliphatic carbocycles. The molecule has 0 bridgehead atoms. The van der Waals surface area contributed by atoms with Gasteiger partial charge in [0.25, 0.3) is 0 Å². The lowest BCUT2D eigenvalue weighted by atomic mass is 9.76. The molecule has 0 radical (unpaired) electrons. The Labute approximate surface area is 138 Å². The fraction of sp³-hybridized carbons (Fsp3) is 0.722. The van der Waals surface area contributed by atoms with E-state index in [4.69, 9.17) is 0 Å². The Hall–Kier alpha value is -1.01. The second-order valence-corrected chi connectivity index (χ2v) is 6.86. The monoisotopic (exact) mass is 326 g/mol. The summed E-state index contributed by atoms with van der Waals surface area (Å²) in [5.41, 5.74) is 0. The van der Waals surface area contributed by atoms with E-state index in [1.54, 1.807) is 13.0 Å². The van der Waals surface area contributed by atoms with Crippen LogP contribution in [0.5, 0.6) is 0 Å². The van der Waals surface area contributed by atoms with Crippen molar-refractivity contribution < 1.29 is 25.2 Å². The average Bonchev–Trinajstić information content (AvgIpc) is 2.47. The van der Waals surface area contributed by atoms with Crippen LogP contribution in [0.25, 0.3) is 0 Å². The number of allylic oxidation sites excluding steroid dienone is 3. The lowest BCUT2D eigenvalue weighted by Crippen LogP contribution is -2.46. The molecule has 0 aliphatic heterocycles. The Bertz CT molecular complexity index is 441. The van der Waals surface area contributed by atoms with Gasteiger partial charge in [-0.1, -0.05) is 38.2 Å². The normalized spacial score (nSPS) is 33.4. The minimum absolute atomic E-state index is 0.166. The molecule has 0 aromatic heterocycles. The lowest BCUT2D eigenvalue weighted by molar-refractivity contribution is -0.138. The highest BCUT2D eigenvalue weighted by atomic mass is 16.3. The predicted octanol–water partition coefficient (Wildman–Crippen LogP) is 1.06. The molecule has 0 amide bonds. The number of hydrogen-bond donors (Lipinski definition) is 4. The molecule has 0 aromatic rings. The summed E-state index contributed by atoms with van der Waals surface area (Å²) in [6.45, 7) is 7.14. The largest absolute Gasteiger partial charge is 0.393 e. The van der Waals surface area contributed by atoms with Crippen LogP contribution in [0, 0.1) is 23.7 Å². The van der Waals surface area contributed by atoms with E-state index in [0.717, 1.165) is 6.42 Å². The van der Waals surface area contributed by atoms with E-state index in [1.165, 1.54) is 13.0 Å². The van der Waals surface area contributed by atoms with Gasteiger partial charge in [0.05, 0.1) is 24.2 Å². The van der Waals surface area contributed by atoms with Gasteiger partial charge in [0.15, 0.2) is 5.78 Å². The van der Waals surface area contributed by atoms with E-state index in [1.807, 2.05) is 26.0 Å². The predicted molar refractivity (Wildman–Crippen MR) is 88.6 cm³/mol. The zero-order valence-electron chi connectivity index (χ0n) is 14.3. The molecule has 1 unspecified atom stereocenters. The van der Waals surface area contributed by atoms with Gasteiger partial charge in [-0.05, 0) is 32.1 Å². The van der Waals surface area contributed by atoms with Gasteiger partial charge < -0.3 is 20.4 Å². The van der Waals surface area contributed by atoms with Gasteiger partial charge in [0, 0.05) is 5.92 Å². The minimum Gasteiger partial charge on any atom is -0.393 e. The number of Topliss-reactive ketones (excluding diaryl/α,β-unsaturated/α-hetero) is 1. The quantitative estimate of drug-likeness (QED) is 0.525. The highest BCUT2D eigenvalue weighted by molar-refractivity contribution is 5.86. The number of ketones is 1. The van der Waals surface area contributed by atoms with E-state index < -0.39 is 30.0 Å². The number of aliphatic hydroxyl groups is 4. The summed E-state index contributed by atoms with van der Waals surface area (Å²) in [5.74, 6) is -1.31. The molecule has 4 N–H and O–H groups in total. The second kappa shape index (κ2) is 8.73. The van der Waals surface area contributed by atoms with Crippen LogP contribution in [-0.2, 0) is 4.79 Å². The Morgan fingerprint density at radius 1 is 1.13 bits per heavy atom. The van der Waals surface area contributed by atoms with E-state index in [9.17, 15) is 25.2 Å². The van der Waals surface area contributed by atoms with Gasteiger partial charge in [-0.3, -0.25) is 4.79 Å². The Morgan fingerprint density at radius 2 is 1.74 bits per heavy atom. The van der Waals surface area contributed by atoms with E-state index >= 15 is 0 Å². The van der Waals surface area contributed by atoms with Crippen molar-refractivity contribution in [3.63, 3.8) is 0 Å². The molecule has 1 aliphatic rings. The third kappa shape index (κ3) is 5.53. The molecule has 5 heteroatoms. The summed E-state index contributed by atoms with van der Waals surface area (Å²) in [5, 5.41) is 38.9. The number of carbonyl (C=O) groups is 1. The zero-order valence-corrected chi connectivity index (χ0v) is 14.3. The van der Waals surface area contributed by atoms with Crippen LogP contribution in [0.3, 0.4) is 0 Å². The number of rotatable bonds is 7. The first-order valence-corrected chi connectivity index (χ1v) is 8.27. The molecule has 132 valence electrons. The molecule has 1 rings (SSSR count). The molecule has 0 heterocycles. The van der Waals surface area contributed by atoms with Crippen LogP contribution in [0.2, 0.25) is 0 Å². The molecule has 0 fully saturated rings. The van der Waals surface area contributed by atoms with Crippen molar-refractivity contribution in [1.29, 1.82) is 0 Å². The highest BCUT2D eigenvalue weighted by Gasteiger charge is 2.39. The standard InChI is InChI=1S/C18H30O5/c1-10(9-11(2)12(3)19)5-6-14-7-8-15(21)18(23)16(14)17(22)13(4)20/h5-8,10-16,18-21,23H,9H2,1-4H3/b6-5+/t10-,11-,12+,13?,14+,15+,16+,18-/m0/s1. The highest BCUT2D eigenvalue weighted by Crippen LogP contribution is 2.29. The SMILES string of the molecule is CC(O)C(=O)[C@@H]1[C@@H](O)[C@H](O)C=C[C@H]1/C=C/[C@H](C)C[C@H](C)[C@@H](C)O. The number of hydrogen-bond acceptors (Lipinski definition) is 5. The molecule has 0 spiro atoms.